The SMILES string of the molecule is Cc1cc(OCC(=O)N/N=C/c2cccc(OC(=O)c3ccc([N+](=O)[O-])cc3)c2)cc(C)c1Cl. The molecule has 0 aliphatic rings. The Morgan fingerprint density at radius 3 is 2.38 bits per heavy atom. The van der Waals surface area contributed by atoms with Gasteiger partial charge >= 0.3 is 5.97 Å². The molecule has 34 heavy (non-hydrogen) atoms. The minimum atomic E-state index is -0.665. The van der Waals surface area contributed by atoms with E-state index in [1.54, 1.807) is 36.4 Å². The lowest BCUT2D eigenvalue weighted by molar-refractivity contribution is -0.384. The number of hydrogen-bond acceptors (Lipinski definition) is 7. The Balaban J connectivity index is 1.53. The number of hydrazone groups is 1. The Kier molecular flexibility index (Phi) is 7.94. The Hall–Kier alpha value is -4.24. The van der Waals surface area contributed by atoms with Crippen molar-refractivity contribution in [3.8, 4) is 11.5 Å². The zero-order valence-corrected chi connectivity index (χ0v) is 19.0. The lowest BCUT2D eigenvalue weighted by Crippen LogP contribution is -2.24. The third-order valence-electron chi connectivity index (χ3n) is 4.57. The minimum absolute atomic E-state index is 0.124. The van der Waals surface area contributed by atoms with Crippen LogP contribution in [0.3, 0.4) is 0 Å². The highest BCUT2D eigenvalue weighted by molar-refractivity contribution is 6.32. The highest BCUT2D eigenvalue weighted by atomic mass is 35.5. The molecule has 10 heteroatoms. The summed E-state index contributed by atoms with van der Waals surface area (Å²) in [6, 6.07) is 15.0. The number of hydrogen-bond donors (Lipinski definition) is 1. The number of nitrogens with one attached hydrogen (secondary N) is 1. The standard InChI is InChI=1S/C24H20ClN3O6/c1-15-10-21(11-16(2)23(15)25)33-14-22(29)27-26-13-17-4-3-5-20(12-17)34-24(30)18-6-8-19(9-7-18)28(31)32/h3-13H,14H2,1-2H3,(H,27,29)/b26-13+. The van der Waals surface area contributed by atoms with Crippen LogP contribution in [0.1, 0.15) is 27.0 Å². The summed E-state index contributed by atoms with van der Waals surface area (Å²) in [4.78, 5) is 34.4. The average molecular weight is 482 g/mol. The van der Waals surface area contributed by atoms with Gasteiger partial charge in [-0.05, 0) is 66.9 Å². The van der Waals surface area contributed by atoms with Crippen LogP contribution in [-0.2, 0) is 4.79 Å². The van der Waals surface area contributed by atoms with Gasteiger partial charge in [0.1, 0.15) is 11.5 Å². The van der Waals surface area contributed by atoms with E-state index in [-0.39, 0.29) is 23.6 Å². The van der Waals surface area contributed by atoms with E-state index in [4.69, 9.17) is 21.1 Å². The second-order valence-electron chi connectivity index (χ2n) is 7.22. The van der Waals surface area contributed by atoms with Gasteiger partial charge in [-0.25, -0.2) is 10.2 Å². The molecule has 3 aromatic rings. The summed E-state index contributed by atoms with van der Waals surface area (Å²) in [5, 5.41) is 15.2. The number of amides is 1. The predicted octanol–water partition coefficient (Wildman–Crippen LogP) is 4.61. The first-order valence-electron chi connectivity index (χ1n) is 10.0. The van der Waals surface area contributed by atoms with Gasteiger partial charge in [0.2, 0.25) is 0 Å². The van der Waals surface area contributed by atoms with Gasteiger partial charge in [-0.3, -0.25) is 14.9 Å². The van der Waals surface area contributed by atoms with Gasteiger partial charge in [0.25, 0.3) is 11.6 Å². The maximum atomic E-state index is 12.3. The molecule has 3 aromatic carbocycles. The van der Waals surface area contributed by atoms with Crippen LogP contribution in [0.15, 0.2) is 65.8 Å². The third kappa shape index (κ3) is 6.63. The number of halogens is 1. The van der Waals surface area contributed by atoms with Crippen molar-refractivity contribution in [1.82, 2.24) is 5.43 Å². The van der Waals surface area contributed by atoms with Crippen LogP contribution >= 0.6 is 11.6 Å². The van der Waals surface area contributed by atoms with Crippen molar-refractivity contribution in [2.45, 2.75) is 13.8 Å². The van der Waals surface area contributed by atoms with Gasteiger partial charge in [0.15, 0.2) is 6.61 Å². The highest BCUT2D eigenvalue weighted by Crippen LogP contribution is 2.25. The van der Waals surface area contributed by atoms with Crippen molar-refractivity contribution in [2.75, 3.05) is 6.61 Å². The molecule has 174 valence electrons. The summed E-state index contributed by atoms with van der Waals surface area (Å²) >= 11 is 6.12. The van der Waals surface area contributed by atoms with Gasteiger partial charge in [0.05, 0.1) is 16.7 Å². The first-order chi connectivity index (χ1) is 16.2. The van der Waals surface area contributed by atoms with Gasteiger partial charge in [-0.1, -0.05) is 23.7 Å². The Labute approximate surface area is 200 Å². The summed E-state index contributed by atoms with van der Waals surface area (Å²) in [5.74, 6) is -0.346. The number of carbonyl (C=O) groups excluding carboxylic acids is 2. The predicted molar refractivity (Wildman–Crippen MR) is 127 cm³/mol. The minimum Gasteiger partial charge on any atom is -0.484 e. The Morgan fingerprint density at radius 1 is 1.06 bits per heavy atom. The summed E-state index contributed by atoms with van der Waals surface area (Å²) in [5.41, 5.74) is 4.68. The lowest BCUT2D eigenvalue weighted by atomic mass is 10.1. The Morgan fingerprint density at radius 2 is 1.74 bits per heavy atom. The van der Waals surface area contributed by atoms with E-state index in [0.717, 1.165) is 11.1 Å². The summed E-state index contributed by atoms with van der Waals surface area (Å²) in [6.07, 6.45) is 1.39. The first-order valence-corrected chi connectivity index (χ1v) is 10.4. The van der Waals surface area contributed by atoms with Crippen LogP contribution in [0, 0.1) is 24.0 Å². The molecule has 0 heterocycles. The number of rotatable bonds is 8. The van der Waals surface area contributed by atoms with Crippen molar-refractivity contribution >= 4 is 35.4 Å². The molecule has 3 rings (SSSR count). The van der Waals surface area contributed by atoms with Crippen molar-refractivity contribution in [2.24, 2.45) is 5.10 Å². The lowest BCUT2D eigenvalue weighted by Gasteiger charge is -2.09. The second-order valence-corrected chi connectivity index (χ2v) is 7.60. The van der Waals surface area contributed by atoms with Gasteiger partial charge in [0, 0.05) is 17.2 Å². The molecule has 1 N–H and O–H groups in total. The number of benzene rings is 3. The maximum Gasteiger partial charge on any atom is 0.343 e. The molecule has 0 unspecified atom stereocenters. The van der Waals surface area contributed by atoms with E-state index >= 15 is 0 Å². The molecule has 0 saturated heterocycles. The molecule has 0 atom stereocenters. The fourth-order valence-electron chi connectivity index (χ4n) is 2.89. The molecule has 1 amide bonds. The van der Waals surface area contributed by atoms with Crippen molar-refractivity contribution in [3.05, 3.63) is 98.1 Å². The van der Waals surface area contributed by atoms with Crippen LogP contribution in [-0.4, -0.2) is 29.6 Å². The first kappa shape index (κ1) is 24.4. The van der Waals surface area contributed by atoms with Crippen molar-refractivity contribution in [3.63, 3.8) is 0 Å². The molecule has 0 spiro atoms. The van der Waals surface area contributed by atoms with E-state index < -0.39 is 16.8 Å². The van der Waals surface area contributed by atoms with E-state index in [1.807, 2.05) is 13.8 Å². The number of nitrogens with zero attached hydrogens (tertiary/aromatic N) is 2. The smallest absolute Gasteiger partial charge is 0.343 e. The molecular formula is C24H20ClN3O6. The molecule has 9 nitrogen and oxygen atoms in total. The third-order valence-corrected chi connectivity index (χ3v) is 5.16. The van der Waals surface area contributed by atoms with Crippen molar-refractivity contribution in [1.29, 1.82) is 0 Å². The average Bonchev–Trinajstić information content (AvgIpc) is 2.81. The van der Waals surface area contributed by atoms with Crippen LogP contribution in [0.5, 0.6) is 11.5 Å². The fraction of sp³-hybridized carbons (Fsp3) is 0.125. The van der Waals surface area contributed by atoms with Crippen LogP contribution in [0.25, 0.3) is 0 Å². The van der Waals surface area contributed by atoms with Crippen LogP contribution in [0.2, 0.25) is 5.02 Å². The molecule has 0 aliphatic carbocycles. The highest BCUT2D eigenvalue weighted by Gasteiger charge is 2.12. The second kappa shape index (κ2) is 11.1. The normalized spacial score (nSPS) is 10.7. The van der Waals surface area contributed by atoms with E-state index in [1.165, 1.54) is 30.5 Å². The van der Waals surface area contributed by atoms with Gasteiger partial charge < -0.3 is 9.47 Å². The molecule has 0 bridgehead atoms. The number of non-ortho nitro benzene ring substituents is 1. The molecule has 0 aliphatic heterocycles. The Bertz CT molecular complexity index is 1230. The van der Waals surface area contributed by atoms with Crippen LogP contribution in [0.4, 0.5) is 5.69 Å². The largest absolute Gasteiger partial charge is 0.484 e. The van der Waals surface area contributed by atoms with Gasteiger partial charge in [-0.2, -0.15) is 5.10 Å². The number of aryl methyl sites for hydroxylation is 2. The van der Waals surface area contributed by atoms with Crippen molar-refractivity contribution < 1.29 is 24.0 Å². The summed E-state index contributed by atoms with van der Waals surface area (Å²) in [6.45, 7) is 3.47. The molecule has 0 fully saturated rings. The fourth-order valence-corrected chi connectivity index (χ4v) is 3.00. The van der Waals surface area contributed by atoms with E-state index in [2.05, 4.69) is 10.5 Å². The number of ether oxygens (including phenoxy) is 2. The maximum absolute atomic E-state index is 12.3. The van der Waals surface area contributed by atoms with Gasteiger partial charge in [-0.15, -0.1) is 0 Å². The summed E-state index contributed by atoms with van der Waals surface area (Å²) < 4.78 is 10.8. The number of carbonyl (C=O) groups is 2. The quantitative estimate of drug-likeness (QED) is 0.165. The topological polar surface area (TPSA) is 120 Å². The molecule has 0 aromatic heterocycles. The van der Waals surface area contributed by atoms with E-state index in [9.17, 15) is 19.7 Å². The number of esters is 1. The monoisotopic (exact) mass is 481 g/mol. The molecular weight excluding hydrogens is 462 g/mol. The van der Waals surface area contributed by atoms with E-state index in [0.29, 0.717) is 16.3 Å². The van der Waals surface area contributed by atoms with Crippen LogP contribution < -0.4 is 14.9 Å². The zero-order chi connectivity index (χ0) is 24.7. The zero-order valence-electron chi connectivity index (χ0n) is 18.3. The molecule has 0 radical (unpaired) electrons. The molecule has 0 saturated carbocycles. The summed E-state index contributed by atoms with van der Waals surface area (Å²) in [7, 11) is 0. The number of nitro groups is 1. The number of nitro benzene ring substituents is 1.